The van der Waals surface area contributed by atoms with Gasteiger partial charge in [0, 0.05) is 26.4 Å². The summed E-state index contributed by atoms with van der Waals surface area (Å²) in [6.45, 7) is 0. The molecule has 0 radical (unpaired) electrons. The third-order valence-electron chi connectivity index (χ3n) is 9.21. The zero-order valence-electron chi connectivity index (χ0n) is 23.9. The molecule has 2 aromatic heterocycles. The van der Waals surface area contributed by atoms with Gasteiger partial charge in [-0.2, -0.15) is 0 Å². The quantitative estimate of drug-likeness (QED) is 0.203. The van der Waals surface area contributed by atoms with Gasteiger partial charge in [-0.05, 0) is 80.4 Å². The van der Waals surface area contributed by atoms with Crippen molar-refractivity contribution in [2.75, 3.05) is 0 Å². The largest absolute Gasteiger partial charge is 0.260 e. The molecule has 1 atom stereocenters. The Balaban J connectivity index is 1.26. The maximum Gasteiger partial charge on any atom is 0.0886 e. The Morgan fingerprint density at radius 2 is 1.16 bits per heavy atom. The second kappa shape index (κ2) is 9.87. The summed E-state index contributed by atoms with van der Waals surface area (Å²) in [5.41, 5.74) is 11.8. The van der Waals surface area contributed by atoms with Crippen molar-refractivity contribution >= 4 is 31.5 Å². The van der Waals surface area contributed by atoms with Gasteiger partial charge in [0.25, 0.3) is 0 Å². The summed E-state index contributed by atoms with van der Waals surface area (Å²) in [5.74, 6) is 0. The molecule has 44 heavy (non-hydrogen) atoms. The van der Waals surface area contributed by atoms with Gasteiger partial charge in [0.1, 0.15) is 0 Å². The molecule has 0 saturated carbocycles. The van der Waals surface area contributed by atoms with E-state index in [0.717, 1.165) is 5.69 Å². The Bertz CT molecular complexity index is 2290. The average molecular weight is 578 g/mol. The molecular weight excluding hydrogens is 551 g/mol. The fourth-order valence-corrected chi connectivity index (χ4v) is 8.55. The second-order valence-corrected chi connectivity index (χ2v) is 12.6. The highest BCUT2D eigenvalue weighted by atomic mass is 32.1. The molecule has 2 heteroatoms. The SMILES string of the molecule is c1ccc(C2(c3ccccn3)c3ccccc3-c3ccc(-c4cccc(-c5cccc6c5sc5ccccc56)c4)cc32)cc1. The first kappa shape index (κ1) is 25.2. The van der Waals surface area contributed by atoms with Crippen molar-refractivity contribution in [3.05, 3.63) is 186 Å². The highest BCUT2D eigenvalue weighted by Gasteiger charge is 2.47. The standard InChI is InChI=1S/C42H27NS/c1-2-14-31(15-3-1)42(40-22-8-9-25-43-40)37-20-6-4-16-33(37)34-24-23-29(27-38(34)42)28-12-10-13-30(26-28)32-18-11-19-36-35-17-5-7-21-39(35)44-41(32)36/h1-27H. The number of benzene rings is 6. The van der Waals surface area contributed by atoms with Crippen molar-refractivity contribution in [2.45, 2.75) is 5.41 Å². The summed E-state index contributed by atoms with van der Waals surface area (Å²) in [7, 11) is 0. The molecule has 8 aromatic rings. The fourth-order valence-electron chi connectivity index (χ4n) is 7.31. The van der Waals surface area contributed by atoms with Gasteiger partial charge in [0.05, 0.1) is 11.1 Å². The molecule has 0 N–H and O–H groups in total. The molecule has 0 fully saturated rings. The third kappa shape index (κ3) is 3.62. The van der Waals surface area contributed by atoms with Gasteiger partial charge in [0.2, 0.25) is 0 Å². The highest BCUT2D eigenvalue weighted by Crippen LogP contribution is 2.56. The number of rotatable bonds is 4. The third-order valence-corrected chi connectivity index (χ3v) is 10.4. The molecular formula is C42H27NS. The Labute approximate surface area is 260 Å². The minimum absolute atomic E-state index is 0.509. The lowest BCUT2D eigenvalue weighted by atomic mass is 9.69. The van der Waals surface area contributed by atoms with Crippen molar-refractivity contribution in [1.82, 2.24) is 4.98 Å². The van der Waals surface area contributed by atoms with Gasteiger partial charge in [-0.15, -0.1) is 11.3 Å². The van der Waals surface area contributed by atoms with Crippen LogP contribution < -0.4 is 0 Å². The lowest BCUT2D eigenvalue weighted by molar-refractivity contribution is 0.735. The van der Waals surface area contributed by atoms with Crippen LogP contribution in [0.25, 0.3) is 53.6 Å². The van der Waals surface area contributed by atoms with Crippen molar-refractivity contribution in [3.63, 3.8) is 0 Å². The molecule has 2 heterocycles. The molecule has 1 nitrogen and oxygen atoms in total. The van der Waals surface area contributed by atoms with E-state index in [0.29, 0.717) is 0 Å². The molecule has 1 aliphatic rings. The number of hydrogen-bond donors (Lipinski definition) is 0. The minimum atomic E-state index is -0.509. The van der Waals surface area contributed by atoms with Crippen molar-refractivity contribution in [1.29, 1.82) is 0 Å². The lowest BCUT2D eigenvalue weighted by Gasteiger charge is -2.32. The van der Waals surface area contributed by atoms with Gasteiger partial charge in [-0.25, -0.2) is 0 Å². The van der Waals surface area contributed by atoms with Gasteiger partial charge in [-0.3, -0.25) is 4.98 Å². The highest BCUT2D eigenvalue weighted by molar-refractivity contribution is 7.26. The molecule has 0 spiro atoms. The van der Waals surface area contributed by atoms with Crippen LogP contribution in [-0.4, -0.2) is 4.98 Å². The van der Waals surface area contributed by atoms with Crippen LogP contribution in [0.4, 0.5) is 0 Å². The van der Waals surface area contributed by atoms with E-state index in [1.54, 1.807) is 0 Å². The van der Waals surface area contributed by atoms with Crippen LogP contribution in [0.15, 0.2) is 164 Å². The summed E-state index contributed by atoms with van der Waals surface area (Å²) in [6, 6.07) is 57.5. The first-order valence-electron chi connectivity index (χ1n) is 15.0. The van der Waals surface area contributed by atoms with Crippen LogP contribution in [-0.2, 0) is 5.41 Å². The Morgan fingerprint density at radius 1 is 0.455 bits per heavy atom. The summed E-state index contributed by atoms with van der Waals surface area (Å²) in [6.07, 6.45) is 1.92. The lowest BCUT2D eigenvalue weighted by Crippen LogP contribution is -2.29. The molecule has 9 rings (SSSR count). The predicted octanol–water partition coefficient (Wildman–Crippen LogP) is 11.1. The van der Waals surface area contributed by atoms with Gasteiger partial charge in [-0.1, -0.05) is 127 Å². The number of pyridine rings is 1. The maximum atomic E-state index is 5.01. The van der Waals surface area contributed by atoms with Crippen LogP contribution in [0.3, 0.4) is 0 Å². The van der Waals surface area contributed by atoms with Crippen molar-refractivity contribution < 1.29 is 0 Å². The van der Waals surface area contributed by atoms with Crippen LogP contribution in [0.5, 0.6) is 0 Å². The predicted molar refractivity (Wildman–Crippen MR) is 185 cm³/mol. The Hall–Kier alpha value is -5.31. The van der Waals surface area contributed by atoms with Crippen LogP contribution in [0.1, 0.15) is 22.4 Å². The van der Waals surface area contributed by atoms with E-state index in [2.05, 4.69) is 152 Å². The van der Waals surface area contributed by atoms with Crippen molar-refractivity contribution in [3.8, 4) is 33.4 Å². The molecule has 0 bridgehead atoms. The molecule has 206 valence electrons. The molecule has 0 aliphatic heterocycles. The first-order chi connectivity index (χ1) is 21.8. The van der Waals surface area contributed by atoms with E-state index in [9.17, 15) is 0 Å². The number of nitrogens with zero attached hydrogens (tertiary/aromatic N) is 1. The number of fused-ring (bicyclic) bond motifs is 6. The topological polar surface area (TPSA) is 12.9 Å². The summed E-state index contributed by atoms with van der Waals surface area (Å²) in [5, 5.41) is 2.65. The van der Waals surface area contributed by atoms with E-state index >= 15 is 0 Å². The number of thiophene rings is 1. The van der Waals surface area contributed by atoms with E-state index in [1.165, 1.54) is 70.2 Å². The Kier molecular flexibility index (Phi) is 5.66. The average Bonchev–Trinajstić information content (AvgIpc) is 3.63. The van der Waals surface area contributed by atoms with Gasteiger partial charge >= 0.3 is 0 Å². The molecule has 6 aromatic carbocycles. The van der Waals surface area contributed by atoms with E-state index < -0.39 is 5.41 Å². The maximum absolute atomic E-state index is 5.01. The zero-order valence-corrected chi connectivity index (χ0v) is 24.8. The van der Waals surface area contributed by atoms with E-state index in [-0.39, 0.29) is 0 Å². The second-order valence-electron chi connectivity index (χ2n) is 11.5. The van der Waals surface area contributed by atoms with Crippen LogP contribution >= 0.6 is 11.3 Å². The van der Waals surface area contributed by atoms with Gasteiger partial charge in [0.15, 0.2) is 0 Å². The molecule has 1 unspecified atom stereocenters. The summed E-state index contributed by atoms with van der Waals surface area (Å²) < 4.78 is 2.67. The first-order valence-corrected chi connectivity index (χ1v) is 15.9. The molecule has 0 amide bonds. The smallest absolute Gasteiger partial charge is 0.0886 e. The fraction of sp³-hybridized carbons (Fsp3) is 0.0238. The van der Waals surface area contributed by atoms with Gasteiger partial charge < -0.3 is 0 Å². The number of aromatic nitrogens is 1. The summed E-state index contributed by atoms with van der Waals surface area (Å²) in [4.78, 5) is 5.01. The molecule has 1 aliphatic carbocycles. The van der Waals surface area contributed by atoms with Crippen molar-refractivity contribution in [2.24, 2.45) is 0 Å². The molecule has 0 saturated heterocycles. The van der Waals surface area contributed by atoms with E-state index in [4.69, 9.17) is 4.98 Å². The van der Waals surface area contributed by atoms with E-state index in [1.807, 2.05) is 23.6 Å². The normalized spacial score (nSPS) is 15.4. The number of hydrogen-bond acceptors (Lipinski definition) is 2. The summed E-state index contributed by atoms with van der Waals surface area (Å²) >= 11 is 1.88. The van der Waals surface area contributed by atoms with Crippen LogP contribution in [0, 0.1) is 0 Å². The monoisotopic (exact) mass is 577 g/mol. The minimum Gasteiger partial charge on any atom is -0.260 e. The zero-order chi connectivity index (χ0) is 29.1. The van der Waals surface area contributed by atoms with Crippen LogP contribution in [0.2, 0.25) is 0 Å². The Morgan fingerprint density at radius 3 is 2.07 bits per heavy atom.